The van der Waals surface area contributed by atoms with Gasteiger partial charge < -0.3 is 4.74 Å². The van der Waals surface area contributed by atoms with E-state index in [0.717, 1.165) is 16.7 Å². The van der Waals surface area contributed by atoms with E-state index in [9.17, 15) is 4.79 Å². The Morgan fingerprint density at radius 1 is 0.947 bits per heavy atom. The van der Waals surface area contributed by atoms with E-state index >= 15 is 0 Å². The van der Waals surface area contributed by atoms with Gasteiger partial charge in [-0.2, -0.15) is 0 Å². The van der Waals surface area contributed by atoms with Crippen LogP contribution in [0.3, 0.4) is 0 Å². The largest absolute Gasteiger partial charge is 0.445 e. The molecule has 2 aromatic carbocycles. The van der Waals surface area contributed by atoms with E-state index in [4.69, 9.17) is 4.74 Å². The SMILES string of the molecule is CC(=O)O[C]C=C(c1ccccc1)c1ccccc1. The normalized spacial score (nSPS) is 9.74. The van der Waals surface area contributed by atoms with Gasteiger partial charge in [-0.3, -0.25) is 4.79 Å². The van der Waals surface area contributed by atoms with Gasteiger partial charge >= 0.3 is 5.97 Å². The Bertz CT molecular complexity index is 515. The van der Waals surface area contributed by atoms with Crippen LogP contribution in [0.4, 0.5) is 0 Å². The summed E-state index contributed by atoms with van der Waals surface area (Å²) >= 11 is 0. The van der Waals surface area contributed by atoms with E-state index in [-0.39, 0.29) is 5.97 Å². The molecule has 0 aliphatic heterocycles. The lowest BCUT2D eigenvalue weighted by molar-refractivity contribution is -0.136. The van der Waals surface area contributed by atoms with Gasteiger partial charge in [0.05, 0.1) is 0 Å². The minimum Gasteiger partial charge on any atom is -0.445 e. The molecule has 0 fully saturated rings. The van der Waals surface area contributed by atoms with E-state index in [0.29, 0.717) is 0 Å². The molecule has 0 heterocycles. The highest BCUT2D eigenvalue weighted by Gasteiger charge is 2.04. The van der Waals surface area contributed by atoms with Crippen LogP contribution in [0.2, 0.25) is 0 Å². The summed E-state index contributed by atoms with van der Waals surface area (Å²) in [6, 6.07) is 19.8. The zero-order valence-corrected chi connectivity index (χ0v) is 10.7. The van der Waals surface area contributed by atoms with Crippen molar-refractivity contribution >= 4 is 11.5 Å². The molecule has 0 spiro atoms. The molecule has 2 rings (SSSR count). The van der Waals surface area contributed by atoms with Crippen molar-refractivity contribution in [3.63, 3.8) is 0 Å². The third-order valence-electron chi connectivity index (χ3n) is 2.58. The fraction of sp³-hybridized carbons (Fsp3) is 0.0588. The Labute approximate surface area is 113 Å². The van der Waals surface area contributed by atoms with Gasteiger partial charge in [0, 0.05) is 6.92 Å². The molecule has 2 aromatic rings. The summed E-state index contributed by atoms with van der Waals surface area (Å²) in [5.74, 6) is -0.378. The predicted molar refractivity (Wildman–Crippen MR) is 75.0 cm³/mol. The Balaban J connectivity index is 2.31. The summed E-state index contributed by atoms with van der Waals surface area (Å²) in [6.45, 7) is 3.92. The zero-order chi connectivity index (χ0) is 13.5. The van der Waals surface area contributed by atoms with Crippen molar-refractivity contribution in [3.05, 3.63) is 84.5 Å². The summed E-state index contributed by atoms with van der Waals surface area (Å²) in [5.41, 5.74) is 3.06. The summed E-state index contributed by atoms with van der Waals surface area (Å²) in [5, 5.41) is 0. The second-order valence-corrected chi connectivity index (χ2v) is 4.00. The molecule has 0 saturated heterocycles. The molecule has 19 heavy (non-hydrogen) atoms. The van der Waals surface area contributed by atoms with Gasteiger partial charge in [0.15, 0.2) is 0 Å². The van der Waals surface area contributed by atoms with Crippen molar-refractivity contribution < 1.29 is 9.53 Å². The molecule has 0 aromatic heterocycles. The van der Waals surface area contributed by atoms with Crippen molar-refractivity contribution in [2.75, 3.05) is 0 Å². The quantitative estimate of drug-likeness (QED) is 0.773. The third kappa shape index (κ3) is 3.81. The first-order valence-corrected chi connectivity index (χ1v) is 6.01. The summed E-state index contributed by atoms with van der Waals surface area (Å²) in [7, 11) is 0. The average molecular weight is 250 g/mol. The van der Waals surface area contributed by atoms with Gasteiger partial charge in [0.2, 0.25) is 6.61 Å². The van der Waals surface area contributed by atoms with Crippen LogP contribution in [-0.4, -0.2) is 5.97 Å². The molecule has 94 valence electrons. The Kier molecular flexibility index (Phi) is 4.51. The molecule has 0 aliphatic rings. The first kappa shape index (κ1) is 13.1. The molecule has 0 amide bonds. The van der Waals surface area contributed by atoms with Crippen LogP contribution in [0.1, 0.15) is 18.1 Å². The Morgan fingerprint density at radius 3 is 1.84 bits per heavy atom. The maximum atomic E-state index is 10.8. The lowest BCUT2D eigenvalue weighted by atomic mass is 9.98. The Hall–Kier alpha value is -2.35. The van der Waals surface area contributed by atoms with Crippen molar-refractivity contribution in [1.29, 1.82) is 0 Å². The molecule has 0 unspecified atom stereocenters. The maximum absolute atomic E-state index is 10.8. The van der Waals surface area contributed by atoms with E-state index < -0.39 is 0 Å². The molecule has 2 radical (unpaired) electrons. The van der Waals surface area contributed by atoms with Crippen LogP contribution in [0.15, 0.2) is 66.7 Å². The number of hydrogen-bond acceptors (Lipinski definition) is 2. The topological polar surface area (TPSA) is 26.3 Å². The first-order valence-electron chi connectivity index (χ1n) is 6.01. The van der Waals surface area contributed by atoms with Gasteiger partial charge in [-0.15, -0.1) is 0 Å². The highest BCUT2D eigenvalue weighted by Crippen LogP contribution is 2.23. The smallest absolute Gasteiger partial charge is 0.303 e. The van der Waals surface area contributed by atoms with Crippen LogP contribution < -0.4 is 0 Å². The van der Waals surface area contributed by atoms with Crippen molar-refractivity contribution in [2.24, 2.45) is 0 Å². The van der Waals surface area contributed by atoms with Crippen molar-refractivity contribution in [3.8, 4) is 0 Å². The van der Waals surface area contributed by atoms with Gasteiger partial charge in [-0.05, 0) is 22.8 Å². The highest BCUT2D eigenvalue weighted by atomic mass is 16.5. The summed E-state index contributed by atoms with van der Waals surface area (Å²) in [6.07, 6.45) is 1.69. The maximum Gasteiger partial charge on any atom is 0.303 e. The lowest BCUT2D eigenvalue weighted by Crippen LogP contribution is -1.95. The number of carbonyl (C=O) groups is 1. The summed E-state index contributed by atoms with van der Waals surface area (Å²) in [4.78, 5) is 10.8. The van der Waals surface area contributed by atoms with Crippen LogP contribution in [0, 0.1) is 6.61 Å². The fourth-order valence-electron chi connectivity index (χ4n) is 1.74. The molecule has 0 atom stereocenters. The van der Waals surface area contributed by atoms with E-state index in [1.807, 2.05) is 60.7 Å². The van der Waals surface area contributed by atoms with Crippen molar-refractivity contribution in [2.45, 2.75) is 6.92 Å². The number of rotatable bonds is 4. The highest BCUT2D eigenvalue weighted by molar-refractivity contribution is 5.80. The number of benzene rings is 2. The van der Waals surface area contributed by atoms with Crippen LogP contribution in [0.25, 0.3) is 5.57 Å². The van der Waals surface area contributed by atoms with Gasteiger partial charge in [-0.25, -0.2) is 0 Å². The standard InChI is InChI=1S/C17H14O2/c1-14(18)19-13-12-17(15-8-4-2-5-9-15)16-10-6-3-7-11-16/h2-12H,1H3. The molecule has 0 saturated carbocycles. The second kappa shape index (κ2) is 6.55. The summed E-state index contributed by atoms with van der Waals surface area (Å²) < 4.78 is 4.75. The number of hydrogen-bond donors (Lipinski definition) is 0. The monoisotopic (exact) mass is 250 g/mol. The van der Waals surface area contributed by atoms with E-state index in [2.05, 4.69) is 6.61 Å². The second-order valence-electron chi connectivity index (χ2n) is 4.00. The van der Waals surface area contributed by atoms with E-state index in [1.54, 1.807) is 6.08 Å². The molecule has 2 nitrogen and oxygen atoms in total. The minimum absolute atomic E-state index is 0.378. The molecule has 0 bridgehead atoms. The minimum atomic E-state index is -0.378. The average Bonchev–Trinajstić information content (AvgIpc) is 2.45. The number of esters is 1. The molecule has 0 aliphatic carbocycles. The lowest BCUT2D eigenvalue weighted by Gasteiger charge is -2.08. The molecule has 0 N–H and O–H groups in total. The number of ether oxygens (including phenoxy) is 1. The number of carbonyl (C=O) groups excluding carboxylic acids is 1. The van der Waals surface area contributed by atoms with Crippen molar-refractivity contribution in [1.82, 2.24) is 0 Å². The van der Waals surface area contributed by atoms with Gasteiger partial charge in [0.25, 0.3) is 0 Å². The fourth-order valence-corrected chi connectivity index (χ4v) is 1.74. The van der Waals surface area contributed by atoms with E-state index in [1.165, 1.54) is 6.92 Å². The third-order valence-corrected chi connectivity index (χ3v) is 2.58. The molecular weight excluding hydrogens is 236 g/mol. The van der Waals surface area contributed by atoms with Gasteiger partial charge in [0.1, 0.15) is 0 Å². The van der Waals surface area contributed by atoms with Crippen LogP contribution in [-0.2, 0) is 9.53 Å². The molecular formula is C17H14O2. The first-order chi connectivity index (χ1) is 9.27. The predicted octanol–water partition coefficient (Wildman–Crippen LogP) is 3.72. The Morgan fingerprint density at radius 2 is 1.42 bits per heavy atom. The van der Waals surface area contributed by atoms with Crippen LogP contribution >= 0.6 is 0 Å². The van der Waals surface area contributed by atoms with Crippen LogP contribution in [0.5, 0.6) is 0 Å². The molecule has 2 heteroatoms. The van der Waals surface area contributed by atoms with Gasteiger partial charge in [-0.1, -0.05) is 60.7 Å². The zero-order valence-electron chi connectivity index (χ0n) is 10.7.